The van der Waals surface area contributed by atoms with E-state index in [9.17, 15) is 4.79 Å². The van der Waals surface area contributed by atoms with Crippen LogP contribution in [0, 0.1) is 0 Å². The Morgan fingerprint density at radius 2 is 2.22 bits per heavy atom. The zero-order valence-electron chi connectivity index (χ0n) is 10.2. The molecule has 0 atom stereocenters. The Morgan fingerprint density at radius 3 is 2.83 bits per heavy atom. The molecule has 0 saturated heterocycles. The zero-order valence-corrected chi connectivity index (χ0v) is 11.8. The predicted molar refractivity (Wildman–Crippen MR) is 75.4 cm³/mol. The second kappa shape index (κ2) is 9.03. The number of ether oxygens (including phenoxy) is 1. The summed E-state index contributed by atoms with van der Waals surface area (Å²) >= 11 is 5.92. The number of hydrogen-bond acceptors (Lipinski definition) is 3. The third-order valence-corrected chi connectivity index (χ3v) is 2.37. The van der Waals surface area contributed by atoms with Crippen molar-refractivity contribution in [2.45, 2.75) is 19.9 Å². The second-order valence-electron chi connectivity index (χ2n) is 3.68. The van der Waals surface area contributed by atoms with Crippen LogP contribution in [0.1, 0.15) is 18.9 Å². The molecule has 4 nitrogen and oxygen atoms in total. The van der Waals surface area contributed by atoms with Gasteiger partial charge in [-0.15, -0.1) is 12.4 Å². The van der Waals surface area contributed by atoms with Gasteiger partial charge in [0, 0.05) is 17.1 Å². The van der Waals surface area contributed by atoms with Crippen molar-refractivity contribution in [2.75, 3.05) is 13.2 Å². The molecule has 102 valence electrons. The van der Waals surface area contributed by atoms with Crippen molar-refractivity contribution < 1.29 is 9.53 Å². The molecule has 0 aromatic heterocycles. The quantitative estimate of drug-likeness (QED) is 0.757. The molecule has 0 saturated carbocycles. The molecular formula is C12H18Cl2N2O2. The predicted octanol–water partition coefficient (Wildman–Crippen LogP) is 2.13. The van der Waals surface area contributed by atoms with Crippen molar-refractivity contribution in [1.29, 1.82) is 0 Å². The maximum absolute atomic E-state index is 10.7. The summed E-state index contributed by atoms with van der Waals surface area (Å²) in [5.41, 5.74) is 5.96. The first kappa shape index (κ1) is 17.0. The minimum atomic E-state index is -0.493. The van der Waals surface area contributed by atoms with Crippen LogP contribution in [0.2, 0.25) is 5.02 Å². The Balaban J connectivity index is 0.00000289. The fraction of sp³-hybridized carbons (Fsp3) is 0.417. The molecule has 0 fully saturated rings. The van der Waals surface area contributed by atoms with Crippen molar-refractivity contribution in [1.82, 2.24) is 5.32 Å². The van der Waals surface area contributed by atoms with Gasteiger partial charge in [0.1, 0.15) is 5.75 Å². The number of carbonyl (C=O) groups is 1. The summed E-state index contributed by atoms with van der Waals surface area (Å²) in [5.74, 6) is 0.143. The summed E-state index contributed by atoms with van der Waals surface area (Å²) < 4.78 is 5.31. The fourth-order valence-corrected chi connectivity index (χ4v) is 1.57. The lowest BCUT2D eigenvalue weighted by Crippen LogP contribution is -2.21. The first-order chi connectivity index (χ1) is 8.13. The summed E-state index contributed by atoms with van der Waals surface area (Å²) in [4.78, 5) is 10.7. The first-order valence-corrected chi connectivity index (χ1v) is 5.91. The second-order valence-corrected chi connectivity index (χ2v) is 4.12. The molecule has 0 unspecified atom stereocenters. The van der Waals surface area contributed by atoms with Gasteiger partial charge in [0.2, 0.25) is 0 Å². The van der Waals surface area contributed by atoms with Crippen molar-refractivity contribution in [3.8, 4) is 5.75 Å². The van der Waals surface area contributed by atoms with Gasteiger partial charge < -0.3 is 15.8 Å². The topological polar surface area (TPSA) is 64.3 Å². The average Bonchev–Trinajstić information content (AvgIpc) is 2.28. The highest BCUT2D eigenvalue weighted by molar-refractivity contribution is 6.30. The van der Waals surface area contributed by atoms with Gasteiger partial charge in [0.15, 0.2) is 6.61 Å². The van der Waals surface area contributed by atoms with Gasteiger partial charge in [0.05, 0.1) is 0 Å². The Hall–Kier alpha value is -0.970. The number of nitrogens with two attached hydrogens (primary N) is 1. The minimum Gasteiger partial charge on any atom is -0.483 e. The van der Waals surface area contributed by atoms with E-state index in [1.807, 2.05) is 6.07 Å². The van der Waals surface area contributed by atoms with Crippen LogP contribution in [0.4, 0.5) is 0 Å². The van der Waals surface area contributed by atoms with Gasteiger partial charge in [-0.2, -0.15) is 0 Å². The van der Waals surface area contributed by atoms with Gasteiger partial charge in [-0.25, -0.2) is 0 Å². The number of halogens is 2. The maximum Gasteiger partial charge on any atom is 0.255 e. The Bertz CT molecular complexity index is 386. The first-order valence-electron chi connectivity index (χ1n) is 5.53. The Morgan fingerprint density at radius 1 is 1.50 bits per heavy atom. The van der Waals surface area contributed by atoms with E-state index in [-0.39, 0.29) is 19.0 Å². The number of nitrogens with one attached hydrogen (secondary N) is 1. The highest BCUT2D eigenvalue weighted by Gasteiger charge is 2.05. The molecule has 1 rings (SSSR count). The molecule has 1 aromatic carbocycles. The molecular weight excluding hydrogens is 275 g/mol. The highest BCUT2D eigenvalue weighted by Crippen LogP contribution is 2.22. The van der Waals surface area contributed by atoms with E-state index in [0.29, 0.717) is 17.3 Å². The van der Waals surface area contributed by atoms with E-state index in [1.54, 1.807) is 12.1 Å². The number of hydrogen-bond donors (Lipinski definition) is 2. The van der Waals surface area contributed by atoms with Gasteiger partial charge in [-0.05, 0) is 31.2 Å². The molecule has 0 bridgehead atoms. The lowest BCUT2D eigenvalue weighted by atomic mass is 10.2. The molecule has 0 heterocycles. The number of benzene rings is 1. The van der Waals surface area contributed by atoms with Crippen LogP contribution in [-0.4, -0.2) is 19.1 Å². The maximum atomic E-state index is 10.7. The normalized spacial score (nSPS) is 9.67. The largest absolute Gasteiger partial charge is 0.483 e. The van der Waals surface area contributed by atoms with Crippen molar-refractivity contribution >= 4 is 29.9 Å². The summed E-state index contributed by atoms with van der Waals surface area (Å²) in [6.45, 7) is 3.54. The van der Waals surface area contributed by atoms with Crippen LogP contribution in [0.25, 0.3) is 0 Å². The van der Waals surface area contributed by atoms with Crippen LogP contribution in [0.3, 0.4) is 0 Å². The van der Waals surface area contributed by atoms with E-state index < -0.39 is 5.91 Å². The minimum absolute atomic E-state index is 0. The van der Waals surface area contributed by atoms with E-state index >= 15 is 0 Å². The third-order valence-electron chi connectivity index (χ3n) is 2.13. The van der Waals surface area contributed by atoms with Gasteiger partial charge in [0.25, 0.3) is 5.91 Å². The van der Waals surface area contributed by atoms with Crippen molar-refractivity contribution in [3.63, 3.8) is 0 Å². The monoisotopic (exact) mass is 292 g/mol. The summed E-state index contributed by atoms with van der Waals surface area (Å²) in [6.07, 6.45) is 1.05. The average molecular weight is 293 g/mol. The summed E-state index contributed by atoms with van der Waals surface area (Å²) in [7, 11) is 0. The van der Waals surface area contributed by atoms with Crippen molar-refractivity contribution in [3.05, 3.63) is 28.8 Å². The fourth-order valence-electron chi connectivity index (χ4n) is 1.38. The summed E-state index contributed by atoms with van der Waals surface area (Å²) in [6, 6.07) is 5.29. The number of amides is 1. The molecule has 6 heteroatoms. The number of rotatable bonds is 7. The van der Waals surface area contributed by atoms with Crippen LogP contribution in [-0.2, 0) is 11.3 Å². The van der Waals surface area contributed by atoms with E-state index in [2.05, 4.69) is 12.2 Å². The lowest BCUT2D eigenvalue weighted by Gasteiger charge is -2.11. The smallest absolute Gasteiger partial charge is 0.255 e. The van der Waals surface area contributed by atoms with Crippen molar-refractivity contribution in [2.24, 2.45) is 5.73 Å². The summed E-state index contributed by atoms with van der Waals surface area (Å²) in [5, 5.41) is 3.90. The zero-order chi connectivity index (χ0) is 12.7. The molecule has 18 heavy (non-hydrogen) atoms. The molecule has 0 radical (unpaired) electrons. The Kier molecular flexibility index (Phi) is 8.54. The van der Waals surface area contributed by atoms with Gasteiger partial charge in [-0.1, -0.05) is 18.5 Å². The molecule has 1 amide bonds. The van der Waals surface area contributed by atoms with Crippen LogP contribution in [0.5, 0.6) is 5.75 Å². The number of carbonyl (C=O) groups excluding carboxylic acids is 1. The van der Waals surface area contributed by atoms with Crippen LogP contribution in [0.15, 0.2) is 18.2 Å². The van der Waals surface area contributed by atoms with Gasteiger partial charge >= 0.3 is 0 Å². The lowest BCUT2D eigenvalue weighted by molar-refractivity contribution is -0.119. The highest BCUT2D eigenvalue weighted by atomic mass is 35.5. The molecule has 1 aromatic rings. The van der Waals surface area contributed by atoms with Crippen LogP contribution < -0.4 is 15.8 Å². The molecule has 0 spiro atoms. The van der Waals surface area contributed by atoms with E-state index in [0.717, 1.165) is 18.5 Å². The molecule has 3 N–H and O–H groups in total. The molecule has 0 aliphatic rings. The number of primary amides is 1. The molecule has 0 aliphatic carbocycles. The van der Waals surface area contributed by atoms with Crippen LogP contribution >= 0.6 is 24.0 Å². The third kappa shape index (κ3) is 6.10. The standard InChI is InChI=1S/C12H17ClN2O2.ClH/c1-2-5-15-7-9-6-10(13)3-4-11(9)17-8-12(14)16;/h3-4,6,15H,2,5,7-8H2,1H3,(H2,14,16);1H. The molecule has 0 aliphatic heterocycles. The van der Waals surface area contributed by atoms with Gasteiger partial charge in [-0.3, -0.25) is 4.79 Å². The van der Waals surface area contributed by atoms with E-state index in [4.69, 9.17) is 22.1 Å². The van der Waals surface area contributed by atoms with E-state index in [1.165, 1.54) is 0 Å². The SMILES string of the molecule is CCCNCc1cc(Cl)ccc1OCC(N)=O.Cl. The Labute approximate surface area is 118 Å².